The van der Waals surface area contributed by atoms with E-state index in [1.807, 2.05) is 0 Å². The van der Waals surface area contributed by atoms with E-state index in [4.69, 9.17) is 9.47 Å². The first-order valence-electron chi connectivity index (χ1n) is 8.06. The lowest BCUT2D eigenvalue weighted by molar-refractivity contribution is 0.298. The predicted molar refractivity (Wildman–Crippen MR) is 95.0 cm³/mol. The standard InChI is InChI=1S/C9H12O.C5H6.C4H6O.B2.H2/c1-2-7-3-6(1)4-8(7)9-5-10-9;1-2-4-5-3-1;1-2-4-3-5-4;1-2;/h1-2,6-9H,3-5H2;1-4H,5H2;2,4H,1,3H2;;1H/i;;;;1+1. The Bertz CT molecular complexity index is 419. The molecule has 22 heavy (non-hydrogen) atoms. The van der Waals surface area contributed by atoms with Crippen LogP contribution in [0.15, 0.2) is 49.1 Å². The molecule has 3 aliphatic carbocycles. The topological polar surface area (TPSA) is 25.1 Å². The van der Waals surface area contributed by atoms with E-state index < -0.39 is 0 Å². The summed E-state index contributed by atoms with van der Waals surface area (Å²) in [5.41, 5.74) is 0. The molecule has 2 saturated heterocycles. The van der Waals surface area contributed by atoms with Crippen LogP contribution in [0, 0.1) is 17.8 Å². The molecule has 2 heterocycles. The number of fused-ring (bicyclic) bond motifs is 2. The van der Waals surface area contributed by atoms with Crippen molar-refractivity contribution in [1.29, 1.82) is 0 Å². The molecule has 2 bridgehead atoms. The Morgan fingerprint density at radius 3 is 2.00 bits per heavy atom. The predicted octanol–water partition coefficient (Wildman–Crippen LogP) is 3.16. The third kappa shape index (κ3) is 5.66. The number of hydrogen-bond donors (Lipinski definition) is 0. The Morgan fingerprint density at radius 1 is 1.05 bits per heavy atom. The van der Waals surface area contributed by atoms with Crippen LogP contribution in [0.2, 0.25) is 0 Å². The smallest absolute Gasteiger partial charge is 0.0988 e. The molecule has 0 N–H and O–H groups in total. The van der Waals surface area contributed by atoms with Crippen LogP contribution in [0.1, 0.15) is 20.7 Å². The molecule has 0 aromatic carbocycles. The van der Waals surface area contributed by atoms with Gasteiger partial charge in [0.1, 0.15) is 0 Å². The first kappa shape index (κ1) is 17.4. The molecule has 4 radical (unpaired) electrons. The molecule has 5 rings (SSSR count). The Morgan fingerprint density at radius 2 is 1.73 bits per heavy atom. The van der Waals surface area contributed by atoms with E-state index in [1.54, 1.807) is 6.08 Å². The molecule has 1 saturated carbocycles. The fourth-order valence-electron chi connectivity index (χ4n) is 3.14. The van der Waals surface area contributed by atoms with Gasteiger partial charge in [0.2, 0.25) is 0 Å². The zero-order chi connectivity index (χ0) is 15.8. The van der Waals surface area contributed by atoms with E-state index in [-0.39, 0.29) is 1.43 Å². The summed E-state index contributed by atoms with van der Waals surface area (Å²) in [6, 6.07) is 0. The lowest BCUT2D eigenvalue weighted by atomic mass is 9.81. The van der Waals surface area contributed by atoms with Crippen LogP contribution >= 0.6 is 0 Å². The normalized spacial score (nSPS) is 37.2. The maximum atomic E-state index is 5.31. The Kier molecular flexibility index (Phi) is 7.28. The van der Waals surface area contributed by atoms with Crippen molar-refractivity contribution in [2.75, 3.05) is 13.2 Å². The molecule has 0 spiro atoms. The summed E-state index contributed by atoms with van der Waals surface area (Å²) in [6.45, 7) is 5.43. The van der Waals surface area contributed by atoms with Crippen molar-refractivity contribution in [1.82, 2.24) is 0 Å². The molecule has 0 amide bonds. The first-order chi connectivity index (χ1) is 10.9. The second-order valence-corrected chi connectivity index (χ2v) is 6.02. The molecule has 116 valence electrons. The fourth-order valence-corrected chi connectivity index (χ4v) is 3.14. The van der Waals surface area contributed by atoms with E-state index in [1.165, 1.54) is 12.8 Å². The minimum Gasteiger partial charge on any atom is -0.373 e. The van der Waals surface area contributed by atoms with E-state index in [0.717, 1.165) is 37.4 Å². The lowest BCUT2D eigenvalue weighted by Gasteiger charge is -2.14. The van der Waals surface area contributed by atoms with Gasteiger partial charge in [0.05, 0.1) is 25.4 Å². The molecule has 5 unspecified atom stereocenters. The molecule has 0 aromatic rings. The molecule has 2 nitrogen and oxygen atoms in total. The van der Waals surface area contributed by atoms with Crippen LogP contribution in [0.4, 0.5) is 0 Å². The summed E-state index contributed by atoms with van der Waals surface area (Å²) < 4.78 is 10.1. The molecule has 4 heteroatoms. The number of ether oxygens (including phenoxy) is 2. The maximum absolute atomic E-state index is 5.31. The van der Waals surface area contributed by atoms with Gasteiger partial charge in [0, 0.05) is 16.9 Å². The van der Waals surface area contributed by atoms with Crippen LogP contribution in [0.25, 0.3) is 0 Å². The summed E-state index contributed by atoms with van der Waals surface area (Å²) in [4.78, 5) is 0. The molecule has 5 aliphatic rings. The van der Waals surface area contributed by atoms with Gasteiger partial charge in [0.25, 0.3) is 0 Å². The Labute approximate surface area is 138 Å². The molecule has 3 fully saturated rings. The highest BCUT2D eigenvalue weighted by atomic mass is 16.6. The van der Waals surface area contributed by atoms with Crippen molar-refractivity contribution < 1.29 is 10.9 Å². The van der Waals surface area contributed by atoms with Gasteiger partial charge in [-0.2, -0.15) is 0 Å². The number of rotatable bonds is 2. The number of epoxide rings is 2. The highest BCUT2D eigenvalue weighted by molar-refractivity contribution is 6.75. The molecule has 0 aromatic heterocycles. The quantitative estimate of drug-likeness (QED) is 0.444. The third-order valence-electron chi connectivity index (χ3n) is 4.44. The van der Waals surface area contributed by atoms with Gasteiger partial charge in [-0.25, -0.2) is 0 Å². The second kappa shape index (κ2) is 9.22. The Balaban J connectivity index is 0.000000176. The zero-order valence-corrected chi connectivity index (χ0v) is 13.1. The van der Waals surface area contributed by atoms with Gasteiger partial charge in [0.15, 0.2) is 0 Å². The van der Waals surface area contributed by atoms with Crippen molar-refractivity contribution in [3.05, 3.63) is 49.1 Å². The summed E-state index contributed by atoms with van der Waals surface area (Å²) in [7, 11) is 8.00. The SMILES string of the molecule is C1=CC2CC1CC2C1CO1.C1=CCC=C1.C=CC1CO1.[2HH].[B][B]. The van der Waals surface area contributed by atoms with E-state index in [2.05, 4.69) is 58.5 Å². The van der Waals surface area contributed by atoms with Crippen LogP contribution in [0.5, 0.6) is 0 Å². The van der Waals surface area contributed by atoms with Gasteiger partial charge < -0.3 is 9.47 Å². The molecule has 5 atom stereocenters. The largest absolute Gasteiger partial charge is 0.373 e. The van der Waals surface area contributed by atoms with Crippen molar-refractivity contribution in [3.63, 3.8) is 0 Å². The molecular formula is C18H26B2O2. The minimum absolute atomic E-state index is 0. The van der Waals surface area contributed by atoms with Crippen LogP contribution in [-0.4, -0.2) is 40.9 Å². The molecule has 2 aliphatic heterocycles. The average Bonchev–Trinajstić information content (AvgIpc) is 3.46. The molecular weight excluding hydrogens is 270 g/mol. The lowest BCUT2D eigenvalue weighted by Crippen LogP contribution is -2.13. The van der Waals surface area contributed by atoms with Gasteiger partial charge in [-0.15, -0.1) is 6.58 Å². The van der Waals surface area contributed by atoms with E-state index >= 15 is 0 Å². The van der Waals surface area contributed by atoms with Crippen LogP contribution < -0.4 is 0 Å². The van der Waals surface area contributed by atoms with Crippen molar-refractivity contribution in [3.8, 4) is 0 Å². The summed E-state index contributed by atoms with van der Waals surface area (Å²) in [5.74, 6) is 2.70. The summed E-state index contributed by atoms with van der Waals surface area (Å²) in [5, 5.41) is 0. The van der Waals surface area contributed by atoms with Crippen LogP contribution in [0.3, 0.4) is 0 Å². The fraction of sp³-hybridized carbons (Fsp3) is 0.556. The van der Waals surface area contributed by atoms with Gasteiger partial charge in [-0.3, -0.25) is 0 Å². The third-order valence-corrected chi connectivity index (χ3v) is 4.44. The Hall–Kier alpha value is -0.990. The van der Waals surface area contributed by atoms with Crippen LogP contribution in [-0.2, 0) is 9.47 Å². The van der Waals surface area contributed by atoms with Crippen molar-refractivity contribution in [2.45, 2.75) is 31.5 Å². The average molecular weight is 297 g/mol. The van der Waals surface area contributed by atoms with E-state index in [9.17, 15) is 0 Å². The van der Waals surface area contributed by atoms with E-state index in [0.29, 0.717) is 12.2 Å². The number of hydrogen-bond acceptors (Lipinski definition) is 2. The van der Waals surface area contributed by atoms with Crippen molar-refractivity contribution >= 4 is 15.5 Å². The maximum Gasteiger partial charge on any atom is 0.0988 e. The highest BCUT2D eigenvalue weighted by Crippen LogP contribution is 2.47. The van der Waals surface area contributed by atoms with Crippen molar-refractivity contribution in [2.24, 2.45) is 17.8 Å². The highest BCUT2D eigenvalue weighted by Gasteiger charge is 2.44. The first-order valence-corrected chi connectivity index (χ1v) is 8.06. The van der Waals surface area contributed by atoms with Gasteiger partial charge in [-0.1, -0.05) is 42.5 Å². The summed E-state index contributed by atoms with van der Waals surface area (Å²) in [6.07, 6.45) is 20.0. The summed E-state index contributed by atoms with van der Waals surface area (Å²) >= 11 is 0. The number of allylic oxidation sites excluding steroid dienone is 6. The second-order valence-electron chi connectivity index (χ2n) is 6.02. The monoisotopic (exact) mass is 297 g/mol. The van der Waals surface area contributed by atoms with Gasteiger partial charge >= 0.3 is 0 Å². The van der Waals surface area contributed by atoms with Gasteiger partial charge in [-0.05, 0) is 37.0 Å². The minimum atomic E-state index is 0. The zero-order valence-electron chi connectivity index (χ0n) is 13.1.